The van der Waals surface area contributed by atoms with Gasteiger partial charge in [-0.05, 0) is 60.9 Å². The molecule has 0 unspecified atom stereocenters. The fourth-order valence-electron chi connectivity index (χ4n) is 3.90. The van der Waals surface area contributed by atoms with Gasteiger partial charge in [-0.3, -0.25) is 4.79 Å². The van der Waals surface area contributed by atoms with Gasteiger partial charge in [0.2, 0.25) is 0 Å². The Hall–Kier alpha value is -4.11. The second kappa shape index (κ2) is 8.72. The van der Waals surface area contributed by atoms with E-state index in [0.29, 0.717) is 30.6 Å². The first-order valence-electron chi connectivity index (χ1n) is 10.1. The van der Waals surface area contributed by atoms with Crippen molar-refractivity contribution in [3.63, 3.8) is 0 Å². The van der Waals surface area contributed by atoms with E-state index in [1.54, 1.807) is 18.2 Å². The van der Waals surface area contributed by atoms with Crippen LogP contribution in [0.15, 0.2) is 66.7 Å². The standard InChI is InChI=1S/C25H22N4O2/c1-17(30)21-11-10-18(15-26)14-24(21)29-13-12-22-19(16-29)6-5-9-23(22)28-25(31)27-20-7-3-2-4-8-20/h2-11,14H,12-13,16H2,1H3,(H2,27,28,31). The van der Waals surface area contributed by atoms with Crippen molar-refractivity contribution in [2.24, 2.45) is 0 Å². The van der Waals surface area contributed by atoms with Crippen LogP contribution in [-0.2, 0) is 13.0 Å². The maximum Gasteiger partial charge on any atom is 0.323 e. The fraction of sp³-hybridized carbons (Fsp3) is 0.160. The molecule has 1 heterocycles. The minimum Gasteiger partial charge on any atom is -0.366 e. The summed E-state index contributed by atoms with van der Waals surface area (Å²) in [6.07, 6.45) is 0.714. The van der Waals surface area contributed by atoms with E-state index < -0.39 is 0 Å². The molecule has 2 amide bonds. The van der Waals surface area contributed by atoms with Crippen molar-refractivity contribution in [2.45, 2.75) is 19.9 Å². The molecule has 4 rings (SSSR count). The van der Waals surface area contributed by atoms with Crippen LogP contribution in [0.4, 0.5) is 21.9 Å². The van der Waals surface area contributed by atoms with Crippen molar-refractivity contribution in [3.05, 3.63) is 89.0 Å². The Kier molecular flexibility index (Phi) is 5.67. The Balaban J connectivity index is 1.56. The quantitative estimate of drug-likeness (QED) is 0.595. The third-order valence-corrected chi connectivity index (χ3v) is 5.39. The van der Waals surface area contributed by atoms with E-state index in [2.05, 4.69) is 21.6 Å². The molecule has 0 spiro atoms. The maximum absolute atomic E-state index is 12.4. The van der Waals surface area contributed by atoms with Crippen LogP contribution in [0, 0.1) is 11.3 Å². The Bertz CT molecular complexity index is 1180. The van der Waals surface area contributed by atoms with Gasteiger partial charge in [-0.15, -0.1) is 0 Å². The van der Waals surface area contributed by atoms with Gasteiger partial charge in [-0.2, -0.15) is 5.26 Å². The predicted molar refractivity (Wildman–Crippen MR) is 121 cm³/mol. The molecular formula is C25H22N4O2. The number of fused-ring (bicyclic) bond motifs is 1. The predicted octanol–water partition coefficient (Wildman–Crippen LogP) is 4.97. The Morgan fingerprint density at radius 3 is 2.55 bits per heavy atom. The van der Waals surface area contributed by atoms with Gasteiger partial charge in [0, 0.05) is 35.7 Å². The highest BCUT2D eigenvalue weighted by atomic mass is 16.2. The number of carbonyl (C=O) groups excluding carboxylic acids is 2. The number of urea groups is 1. The number of nitrogens with one attached hydrogen (secondary N) is 2. The van der Waals surface area contributed by atoms with E-state index in [9.17, 15) is 14.9 Å². The van der Waals surface area contributed by atoms with Crippen LogP contribution in [0.1, 0.15) is 34.0 Å². The number of benzene rings is 3. The zero-order valence-corrected chi connectivity index (χ0v) is 17.2. The van der Waals surface area contributed by atoms with E-state index in [0.717, 1.165) is 28.2 Å². The number of ketones is 1. The summed E-state index contributed by atoms with van der Waals surface area (Å²) in [6.45, 7) is 2.82. The van der Waals surface area contributed by atoms with Crippen molar-refractivity contribution in [1.29, 1.82) is 5.26 Å². The first-order chi connectivity index (χ1) is 15.0. The molecule has 3 aromatic carbocycles. The number of rotatable bonds is 4. The number of para-hydroxylation sites is 1. The molecule has 6 nitrogen and oxygen atoms in total. The highest BCUT2D eigenvalue weighted by Gasteiger charge is 2.23. The van der Waals surface area contributed by atoms with Gasteiger partial charge in [0.1, 0.15) is 0 Å². The summed E-state index contributed by atoms with van der Waals surface area (Å²) in [7, 11) is 0. The number of anilines is 3. The van der Waals surface area contributed by atoms with E-state index in [1.165, 1.54) is 6.92 Å². The SMILES string of the molecule is CC(=O)c1ccc(C#N)cc1N1CCc2c(cccc2NC(=O)Nc2ccccc2)C1. The lowest BCUT2D eigenvalue weighted by molar-refractivity contribution is 0.101. The lowest BCUT2D eigenvalue weighted by atomic mass is 9.96. The van der Waals surface area contributed by atoms with Crippen LogP contribution < -0.4 is 15.5 Å². The average Bonchev–Trinajstić information content (AvgIpc) is 2.79. The number of nitrogens with zero attached hydrogens (tertiary/aromatic N) is 2. The average molecular weight is 410 g/mol. The molecular weight excluding hydrogens is 388 g/mol. The third kappa shape index (κ3) is 4.41. The normalized spacial score (nSPS) is 12.5. The van der Waals surface area contributed by atoms with Crippen molar-refractivity contribution >= 4 is 28.9 Å². The van der Waals surface area contributed by atoms with Crippen LogP contribution in [0.3, 0.4) is 0 Å². The number of nitriles is 1. The molecule has 0 aromatic heterocycles. The maximum atomic E-state index is 12.4. The summed E-state index contributed by atoms with van der Waals surface area (Å²) in [5.74, 6) is -0.0294. The molecule has 6 heteroatoms. The summed E-state index contributed by atoms with van der Waals surface area (Å²) >= 11 is 0. The number of carbonyl (C=O) groups is 2. The molecule has 31 heavy (non-hydrogen) atoms. The zero-order valence-electron chi connectivity index (χ0n) is 17.2. The topological polar surface area (TPSA) is 85.2 Å². The minimum atomic E-state index is -0.289. The summed E-state index contributed by atoms with van der Waals surface area (Å²) in [5.41, 5.74) is 5.59. The Morgan fingerprint density at radius 1 is 1.00 bits per heavy atom. The van der Waals surface area contributed by atoms with Crippen LogP contribution >= 0.6 is 0 Å². The van der Waals surface area contributed by atoms with Gasteiger partial charge in [-0.25, -0.2) is 4.79 Å². The first kappa shape index (κ1) is 20.2. The molecule has 1 aliphatic heterocycles. The minimum absolute atomic E-state index is 0.0294. The molecule has 0 atom stereocenters. The van der Waals surface area contributed by atoms with Crippen LogP contribution in [0.25, 0.3) is 0 Å². The molecule has 0 saturated carbocycles. The molecule has 0 bridgehead atoms. The lowest BCUT2D eigenvalue weighted by Gasteiger charge is -2.33. The molecule has 0 fully saturated rings. The van der Waals surface area contributed by atoms with Gasteiger partial charge in [0.25, 0.3) is 0 Å². The summed E-state index contributed by atoms with van der Waals surface area (Å²) < 4.78 is 0. The molecule has 1 aliphatic rings. The van der Waals surface area contributed by atoms with Crippen molar-refractivity contribution < 1.29 is 9.59 Å². The second-order valence-electron chi connectivity index (χ2n) is 7.46. The van der Waals surface area contributed by atoms with Crippen LogP contribution in [0.2, 0.25) is 0 Å². The molecule has 154 valence electrons. The van der Waals surface area contributed by atoms with Gasteiger partial charge in [0.15, 0.2) is 5.78 Å². The molecule has 3 aromatic rings. The summed E-state index contributed by atoms with van der Waals surface area (Å²) in [5, 5.41) is 15.1. The first-order valence-corrected chi connectivity index (χ1v) is 10.1. The molecule has 2 N–H and O–H groups in total. The smallest absolute Gasteiger partial charge is 0.323 e. The highest BCUT2D eigenvalue weighted by Crippen LogP contribution is 2.32. The van der Waals surface area contributed by atoms with Gasteiger partial charge in [-0.1, -0.05) is 30.3 Å². The van der Waals surface area contributed by atoms with E-state index >= 15 is 0 Å². The number of hydrogen-bond acceptors (Lipinski definition) is 4. The van der Waals surface area contributed by atoms with Crippen LogP contribution in [-0.4, -0.2) is 18.4 Å². The van der Waals surface area contributed by atoms with Gasteiger partial charge >= 0.3 is 6.03 Å². The molecule has 0 radical (unpaired) electrons. The fourth-order valence-corrected chi connectivity index (χ4v) is 3.90. The monoisotopic (exact) mass is 410 g/mol. The highest BCUT2D eigenvalue weighted by molar-refractivity contribution is 6.01. The summed E-state index contributed by atoms with van der Waals surface area (Å²) in [6, 6.07) is 22.2. The Labute approximate surface area is 181 Å². The van der Waals surface area contributed by atoms with Crippen molar-refractivity contribution in [2.75, 3.05) is 22.1 Å². The summed E-state index contributed by atoms with van der Waals surface area (Å²) in [4.78, 5) is 26.7. The van der Waals surface area contributed by atoms with Crippen molar-refractivity contribution in [1.82, 2.24) is 0 Å². The number of hydrogen-bond donors (Lipinski definition) is 2. The van der Waals surface area contributed by atoms with E-state index in [-0.39, 0.29) is 11.8 Å². The molecule has 0 saturated heterocycles. The largest absolute Gasteiger partial charge is 0.366 e. The third-order valence-electron chi connectivity index (χ3n) is 5.39. The van der Waals surface area contributed by atoms with E-state index in [1.807, 2.05) is 48.5 Å². The zero-order chi connectivity index (χ0) is 21.8. The molecule has 0 aliphatic carbocycles. The van der Waals surface area contributed by atoms with Gasteiger partial charge < -0.3 is 15.5 Å². The van der Waals surface area contributed by atoms with Crippen molar-refractivity contribution in [3.8, 4) is 6.07 Å². The van der Waals surface area contributed by atoms with E-state index in [4.69, 9.17) is 0 Å². The Morgan fingerprint density at radius 2 is 1.81 bits per heavy atom. The van der Waals surface area contributed by atoms with Crippen LogP contribution in [0.5, 0.6) is 0 Å². The lowest BCUT2D eigenvalue weighted by Crippen LogP contribution is -2.32. The van der Waals surface area contributed by atoms with Gasteiger partial charge in [0.05, 0.1) is 11.6 Å². The second-order valence-corrected chi connectivity index (χ2v) is 7.46. The number of Topliss-reactive ketones (excluding diaryl/α,β-unsaturated/α-hetero) is 1. The number of amides is 2.